The minimum Gasteiger partial charge on any atom is -0.405 e. The molecule has 0 N–H and O–H groups in total. The first-order valence-corrected chi connectivity index (χ1v) is 10.8. The number of rotatable bonds is 1. The number of alkyl halides is 3. The maximum atomic E-state index is 13.5. The molecule has 1 aliphatic carbocycles. The Bertz CT molecular complexity index is 647. The molecule has 0 radical (unpaired) electrons. The van der Waals surface area contributed by atoms with Gasteiger partial charge in [-0.25, -0.2) is 0 Å². The van der Waals surface area contributed by atoms with E-state index in [9.17, 15) is 13.2 Å². The number of benzene rings is 1. The monoisotopic (exact) mass is 426 g/mol. The molecule has 24 heavy (non-hydrogen) atoms. The lowest BCUT2D eigenvalue weighted by Crippen LogP contribution is -2.42. The Kier molecular flexibility index (Phi) is 7.06. The molecule has 2 aromatic rings. The SMILES string of the molecule is FC(F)(F)[s+]1c(C2CCCCCC2)cc2ccccc21.[O-][Br+2]([O-])[O-]. The van der Waals surface area contributed by atoms with Crippen LogP contribution in [-0.4, -0.2) is 0 Å². The van der Waals surface area contributed by atoms with Crippen LogP contribution in [0.1, 0.15) is 49.3 Å². The Hall–Kier alpha value is -0.670. The van der Waals surface area contributed by atoms with Gasteiger partial charge in [0.25, 0.3) is 0 Å². The molecule has 8 heteroatoms. The van der Waals surface area contributed by atoms with Gasteiger partial charge in [-0.1, -0.05) is 37.8 Å². The molecular weight excluding hydrogens is 409 g/mol. The first kappa shape index (κ1) is 19.7. The summed E-state index contributed by atoms with van der Waals surface area (Å²) < 4.78 is 66.6. The molecule has 0 spiro atoms. The fourth-order valence-corrected chi connectivity index (χ4v) is 5.39. The molecule has 1 atom stereocenters. The van der Waals surface area contributed by atoms with Crippen LogP contribution in [0.3, 0.4) is 0 Å². The topological polar surface area (TPSA) is 69.2 Å². The van der Waals surface area contributed by atoms with E-state index in [1.165, 1.54) is 0 Å². The number of halogens is 4. The van der Waals surface area contributed by atoms with E-state index in [4.69, 9.17) is 12.6 Å². The van der Waals surface area contributed by atoms with Crippen LogP contribution in [0.25, 0.3) is 10.1 Å². The number of thiophene rings is 1. The van der Waals surface area contributed by atoms with Gasteiger partial charge in [0.1, 0.15) is 0 Å². The predicted molar refractivity (Wildman–Crippen MR) is 78.2 cm³/mol. The molecule has 0 bridgehead atoms. The third-order valence-corrected chi connectivity index (χ3v) is 6.36. The Morgan fingerprint density at radius 1 is 0.958 bits per heavy atom. The van der Waals surface area contributed by atoms with Crippen molar-refractivity contribution in [2.45, 2.75) is 50.0 Å². The second kappa shape index (κ2) is 8.62. The normalized spacial score (nSPS) is 17.5. The van der Waals surface area contributed by atoms with Crippen LogP contribution in [0.5, 0.6) is 0 Å². The summed E-state index contributed by atoms with van der Waals surface area (Å²) in [7, 11) is -1.70. The summed E-state index contributed by atoms with van der Waals surface area (Å²) >= 11 is -3.65. The summed E-state index contributed by atoms with van der Waals surface area (Å²) in [5.74, 6) is 0.120. The van der Waals surface area contributed by atoms with E-state index in [0.717, 1.165) is 43.9 Å². The highest BCUT2D eigenvalue weighted by atomic mass is 80.0. The van der Waals surface area contributed by atoms with E-state index in [0.29, 0.717) is 9.58 Å². The van der Waals surface area contributed by atoms with Crippen molar-refractivity contribution in [1.82, 2.24) is 0 Å². The van der Waals surface area contributed by atoms with Crippen molar-refractivity contribution >= 4 is 20.6 Å². The second-order valence-electron chi connectivity index (χ2n) is 5.71. The lowest BCUT2D eigenvalue weighted by molar-refractivity contribution is -1.73. The molecule has 3 nitrogen and oxygen atoms in total. The van der Waals surface area contributed by atoms with Gasteiger partial charge < -0.3 is 12.6 Å². The summed E-state index contributed by atoms with van der Waals surface area (Å²) in [6.45, 7) is 0. The summed E-state index contributed by atoms with van der Waals surface area (Å²) in [4.78, 5) is 0.639. The molecule has 1 saturated carbocycles. The highest BCUT2D eigenvalue weighted by Crippen LogP contribution is 2.54. The van der Waals surface area contributed by atoms with Crippen molar-refractivity contribution in [1.29, 1.82) is 0 Å². The van der Waals surface area contributed by atoms with E-state index < -0.39 is 30.8 Å². The van der Waals surface area contributed by atoms with E-state index in [1.54, 1.807) is 12.1 Å². The van der Waals surface area contributed by atoms with Crippen LogP contribution in [0.2, 0.25) is 0 Å². The largest absolute Gasteiger partial charge is 0.600 e. The molecule has 1 heterocycles. The molecule has 1 aromatic heterocycles. The van der Waals surface area contributed by atoms with Gasteiger partial charge in [-0.3, -0.25) is 0 Å². The summed E-state index contributed by atoms with van der Waals surface area (Å²) in [6, 6.07) is 8.82. The van der Waals surface area contributed by atoms with Gasteiger partial charge in [0.15, 0.2) is 9.58 Å². The van der Waals surface area contributed by atoms with Crippen LogP contribution < -0.4 is 12.6 Å². The summed E-state index contributed by atoms with van der Waals surface area (Å²) in [6.07, 6.45) is 6.28. The number of fused-ring (bicyclic) bond motifs is 1. The molecule has 134 valence electrons. The Morgan fingerprint density at radius 3 is 2.04 bits per heavy atom. The molecule has 0 saturated heterocycles. The van der Waals surface area contributed by atoms with Crippen LogP contribution in [0, 0.1) is 14.8 Å². The fraction of sp³-hybridized carbons (Fsp3) is 0.500. The number of hydrogen-bond acceptors (Lipinski definition) is 3. The van der Waals surface area contributed by atoms with Crippen molar-refractivity contribution in [3.8, 4) is 0 Å². The highest BCUT2D eigenvalue weighted by Gasteiger charge is 2.49. The number of hydrogen-bond donors (Lipinski definition) is 0. The van der Waals surface area contributed by atoms with Gasteiger partial charge in [0.05, 0.1) is 10.5 Å². The van der Waals surface area contributed by atoms with Gasteiger partial charge >= 0.3 is 5.51 Å². The van der Waals surface area contributed by atoms with Crippen molar-refractivity contribution < 1.29 is 40.6 Å². The molecule has 0 aliphatic heterocycles. The van der Waals surface area contributed by atoms with Gasteiger partial charge in [0.2, 0.25) is 14.8 Å². The maximum absolute atomic E-state index is 13.5. The zero-order chi connectivity index (χ0) is 17.7. The first-order chi connectivity index (χ1) is 11.3. The fourth-order valence-electron chi connectivity index (χ4n) is 3.23. The lowest BCUT2D eigenvalue weighted by Gasteiger charge is -2.10. The zero-order valence-electron chi connectivity index (χ0n) is 12.9. The van der Waals surface area contributed by atoms with Crippen LogP contribution in [0.15, 0.2) is 30.3 Å². The molecule has 1 fully saturated rings. The first-order valence-electron chi connectivity index (χ1n) is 7.65. The van der Waals surface area contributed by atoms with Crippen LogP contribution in [0.4, 0.5) is 13.2 Å². The maximum Gasteiger partial charge on any atom is 0.600 e. The van der Waals surface area contributed by atoms with Gasteiger partial charge in [-0.15, -0.1) is 13.2 Å². The Labute approximate surface area is 146 Å². The van der Waals surface area contributed by atoms with Gasteiger partial charge in [-0.2, -0.15) is 0 Å². The van der Waals surface area contributed by atoms with Gasteiger partial charge in [0, 0.05) is 17.4 Å². The van der Waals surface area contributed by atoms with E-state index in [1.807, 2.05) is 18.2 Å². The van der Waals surface area contributed by atoms with E-state index >= 15 is 0 Å². The summed E-state index contributed by atoms with van der Waals surface area (Å²) in [5.41, 5.74) is -4.15. The highest BCUT2D eigenvalue weighted by molar-refractivity contribution is 7.38. The van der Waals surface area contributed by atoms with Crippen LogP contribution >= 0.6 is 10.5 Å². The minimum absolute atomic E-state index is 0.120. The smallest absolute Gasteiger partial charge is 0.405 e. The van der Waals surface area contributed by atoms with E-state index in [-0.39, 0.29) is 5.92 Å². The quantitative estimate of drug-likeness (QED) is 0.519. The molecule has 1 aromatic carbocycles. The van der Waals surface area contributed by atoms with Gasteiger partial charge in [-0.05, 0) is 25.0 Å². The zero-order valence-corrected chi connectivity index (χ0v) is 15.3. The molecule has 0 amide bonds. The average molecular weight is 427 g/mol. The predicted octanol–water partition coefficient (Wildman–Crippen LogP) is 2.94. The Morgan fingerprint density at radius 2 is 1.50 bits per heavy atom. The molecule has 3 rings (SSSR count). The average Bonchev–Trinajstić information content (AvgIpc) is 2.67. The van der Waals surface area contributed by atoms with Crippen LogP contribution in [-0.2, 0) is 5.51 Å². The second-order valence-corrected chi connectivity index (χ2v) is 8.49. The van der Waals surface area contributed by atoms with Crippen molar-refractivity contribution in [3.63, 3.8) is 0 Å². The lowest BCUT2D eigenvalue weighted by atomic mass is 9.98. The standard InChI is InChI=1S/C16H18F3S.BrO3/c17-16(18,19)20-14-10-6-5-9-13(14)11-15(20)12-7-3-1-2-4-8-12;2-1(3)4/h5-6,9-12H,1-4,7-8H2;/q+1;-1. The molecule has 1 aliphatic rings. The Balaban J connectivity index is 0.000000471. The third-order valence-electron chi connectivity index (χ3n) is 4.16. The van der Waals surface area contributed by atoms with Crippen molar-refractivity contribution in [3.05, 3.63) is 35.2 Å². The van der Waals surface area contributed by atoms with Crippen molar-refractivity contribution in [2.24, 2.45) is 0 Å². The third kappa shape index (κ3) is 5.16. The molecule has 1 unspecified atom stereocenters. The van der Waals surface area contributed by atoms with E-state index in [2.05, 4.69) is 0 Å². The minimum atomic E-state index is -4.15. The summed E-state index contributed by atoms with van der Waals surface area (Å²) in [5, 5.41) is 0.771. The molecular formula is C16H18BrF3O3S. The van der Waals surface area contributed by atoms with Crippen molar-refractivity contribution in [2.75, 3.05) is 0 Å².